The Morgan fingerprint density at radius 1 is 1.33 bits per heavy atom. The summed E-state index contributed by atoms with van der Waals surface area (Å²) in [5.41, 5.74) is -0.788. The smallest absolute Gasteiger partial charge is 0.415 e. The van der Waals surface area contributed by atoms with Gasteiger partial charge < -0.3 is 19.4 Å². The number of rotatable bonds is 4. The van der Waals surface area contributed by atoms with Crippen molar-refractivity contribution in [1.82, 2.24) is 9.96 Å². The van der Waals surface area contributed by atoms with E-state index in [-0.39, 0.29) is 13.2 Å². The molecule has 0 radical (unpaired) electrons. The molecule has 8 nitrogen and oxygen atoms in total. The molecule has 1 saturated heterocycles. The van der Waals surface area contributed by atoms with E-state index in [1.165, 1.54) is 4.90 Å². The lowest BCUT2D eigenvalue weighted by Gasteiger charge is -2.34. The molecule has 30 heavy (non-hydrogen) atoms. The molecule has 1 aliphatic rings. The highest BCUT2D eigenvalue weighted by Crippen LogP contribution is 2.30. The van der Waals surface area contributed by atoms with Crippen molar-refractivity contribution in [2.45, 2.75) is 71.7 Å². The number of esters is 1. The van der Waals surface area contributed by atoms with Crippen molar-refractivity contribution in [2.24, 2.45) is 0 Å². The highest BCUT2D eigenvalue weighted by Gasteiger charge is 2.47. The zero-order valence-electron chi connectivity index (χ0n) is 18.3. The number of hydroxylamine groups is 2. The van der Waals surface area contributed by atoms with E-state index in [1.54, 1.807) is 41.5 Å². The zero-order chi connectivity index (χ0) is 22.5. The van der Waals surface area contributed by atoms with Gasteiger partial charge >= 0.3 is 12.1 Å². The van der Waals surface area contributed by atoms with Crippen LogP contribution < -0.4 is 0 Å². The molecule has 2 atom stereocenters. The highest BCUT2D eigenvalue weighted by molar-refractivity contribution is 5.88. The predicted molar refractivity (Wildman–Crippen MR) is 109 cm³/mol. The lowest BCUT2D eigenvalue weighted by Crippen LogP contribution is -2.51. The average molecular weight is 418 g/mol. The number of nitrogens with zero attached hydrogens (tertiary/aromatic N) is 2. The fourth-order valence-electron chi connectivity index (χ4n) is 2.80. The maximum atomic E-state index is 12.6. The van der Waals surface area contributed by atoms with Gasteiger partial charge in [-0.1, -0.05) is 36.3 Å². The summed E-state index contributed by atoms with van der Waals surface area (Å²) in [6.07, 6.45) is -1.60. The number of ether oxygens (including phenoxy) is 3. The van der Waals surface area contributed by atoms with Crippen LogP contribution in [0.2, 0.25) is 0 Å². The van der Waals surface area contributed by atoms with Crippen molar-refractivity contribution in [2.75, 3.05) is 6.61 Å². The second-order valence-corrected chi connectivity index (χ2v) is 8.50. The molecule has 1 aromatic carbocycles. The Labute approximate surface area is 177 Å². The van der Waals surface area contributed by atoms with Gasteiger partial charge in [-0.15, -0.1) is 0 Å². The third kappa shape index (κ3) is 6.73. The maximum Gasteiger partial charge on any atom is 0.415 e. The summed E-state index contributed by atoms with van der Waals surface area (Å²) in [6.45, 7) is 10.6. The summed E-state index contributed by atoms with van der Waals surface area (Å²) in [6, 6.07) is 8.79. The van der Waals surface area contributed by atoms with Crippen LogP contribution in [0.5, 0.6) is 0 Å². The number of hydrogen-bond donors (Lipinski definition) is 1. The number of carbonyl (C=O) groups is 2. The van der Waals surface area contributed by atoms with E-state index in [9.17, 15) is 14.8 Å². The van der Waals surface area contributed by atoms with Crippen LogP contribution in [0.1, 0.15) is 47.1 Å². The van der Waals surface area contributed by atoms with E-state index in [0.717, 1.165) is 10.6 Å². The van der Waals surface area contributed by atoms with Gasteiger partial charge in [0.1, 0.15) is 17.9 Å². The SMILES string of the molecule is CC(C#CC(=O)OC1COC(C)(C)N1C(=O)OC(C)(C)C)N(O)Cc1ccccc1. The lowest BCUT2D eigenvalue weighted by molar-refractivity contribution is -0.150. The third-order valence-electron chi connectivity index (χ3n) is 4.30. The molecule has 1 fully saturated rings. The van der Waals surface area contributed by atoms with E-state index in [0.29, 0.717) is 0 Å². The Balaban J connectivity index is 1.98. The molecule has 0 aliphatic carbocycles. The molecule has 0 bridgehead atoms. The monoisotopic (exact) mass is 418 g/mol. The number of benzene rings is 1. The predicted octanol–water partition coefficient (Wildman–Crippen LogP) is 3.14. The van der Waals surface area contributed by atoms with E-state index in [1.807, 2.05) is 30.3 Å². The zero-order valence-corrected chi connectivity index (χ0v) is 18.3. The molecule has 1 heterocycles. The standard InChI is InChI=1S/C22H30N2O6/c1-16(23(27)14-17-10-8-7-9-11-17)12-13-19(25)29-18-15-28-22(5,6)24(18)20(26)30-21(2,3)4/h7-11,16,18,27H,14-15H2,1-6H3. The first-order valence-electron chi connectivity index (χ1n) is 9.77. The van der Waals surface area contributed by atoms with Gasteiger partial charge in [-0.25, -0.2) is 14.5 Å². The fourth-order valence-corrected chi connectivity index (χ4v) is 2.80. The summed E-state index contributed by atoms with van der Waals surface area (Å²) >= 11 is 0. The van der Waals surface area contributed by atoms with Crippen molar-refractivity contribution < 1.29 is 29.0 Å². The fraction of sp³-hybridized carbons (Fsp3) is 0.545. The molecule has 1 N–H and O–H groups in total. The van der Waals surface area contributed by atoms with Crippen molar-refractivity contribution >= 4 is 12.1 Å². The van der Waals surface area contributed by atoms with Crippen LogP contribution >= 0.6 is 0 Å². The van der Waals surface area contributed by atoms with Gasteiger partial charge in [0.15, 0.2) is 0 Å². The molecule has 0 spiro atoms. The molecule has 164 valence electrons. The molecular formula is C22H30N2O6. The summed E-state index contributed by atoms with van der Waals surface area (Å²) < 4.78 is 16.3. The molecule has 2 rings (SSSR count). The first kappa shape index (κ1) is 23.7. The third-order valence-corrected chi connectivity index (χ3v) is 4.30. The summed E-state index contributed by atoms with van der Waals surface area (Å²) in [5.74, 6) is 4.19. The van der Waals surface area contributed by atoms with Crippen LogP contribution in [0, 0.1) is 11.8 Å². The number of hydrogen-bond acceptors (Lipinski definition) is 7. The van der Waals surface area contributed by atoms with Gasteiger partial charge in [0.05, 0.1) is 12.6 Å². The Morgan fingerprint density at radius 3 is 2.57 bits per heavy atom. The molecule has 0 saturated carbocycles. The Bertz CT molecular complexity index is 806. The molecule has 0 aromatic heterocycles. The lowest BCUT2D eigenvalue weighted by atomic mass is 10.2. The number of amides is 1. The van der Waals surface area contributed by atoms with E-state index >= 15 is 0 Å². The Kier molecular flexibility index (Phi) is 7.48. The van der Waals surface area contributed by atoms with Gasteiger partial charge in [-0.2, -0.15) is 5.06 Å². The second-order valence-electron chi connectivity index (χ2n) is 8.50. The largest absolute Gasteiger partial charge is 0.444 e. The van der Waals surface area contributed by atoms with Crippen LogP contribution in [-0.2, 0) is 25.5 Å². The van der Waals surface area contributed by atoms with Crippen molar-refractivity contribution in [3.63, 3.8) is 0 Å². The minimum Gasteiger partial charge on any atom is -0.444 e. The summed E-state index contributed by atoms with van der Waals surface area (Å²) in [4.78, 5) is 26.0. The van der Waals surface area contributed by atoms with E-state index in [2.05, 4.69) is 11.8 Å². The molecule has 1 amide bonds. The number of carbonyl (C=O) groups excluding carboxylic acids is 2. The van der Waals surface area contributed by atoms with Gasteiger partial charge in [0, 0.05) is 5.92 Å². The Hall–Kier alpha value is -2.60. The molecular weight excluding hydrogens is 388 g/mol. The van der Waals surface area contributed by atoms with Crippen LogP contribution in [0.25, 0.3) is 0 Å². The maximum absolute atomic E-state index is 12.6. The van der Waals surface area contributed by atoms with Gasteiger partial charge in [0.25, 0.3) is 0 Å². The van der Waals surface area contributed by atoms with Crippen molar-refractivity contribution in [3.05, 3.63) is 35.9 Å². The Morgan fingerprint density at radius 2 is 1.97 bits per heavy atom. The average Bonchev–Trinajstić information content (AvgIpc) is 2.93. The first-order valence-corrected chi connectivity index (χ1v) is 9.77. The van der Waals surface area contributed by atoms with Crippen molar-refractivity contribution in [3.8, 4) is 11.8 Å². The molecule has 2 unspecified atom stereocenters. The molecule has 8 heteroatoms. The van der Waals surface area contributed by atoms with Crippen LogP contribution in [0.3, 0.4) is 0 Å². The normalized spacial score (nSPS) is 19.1. The van der Waals surface area contributed by atoms with E-state index in [4.69, 9.17) is 14.2 Å². The van der Waals surface area contributed by atoms with Crippen molar-refractivity contribution in [1.29, 1.82) is 0 Å². The second kappa shape index (κ2) is 9.47. The highest BCUT2D eigenvalue weighted by atomic mass is 16.6. The molecule has 1 aromatic rings. The minimum absolute atomic E-state index is 0.00927. The summed E-state index contributed by atoms with van der Waals surface area (Å²) in [7, 11) is 0. The van der Waals surface area contributed by atoms with Crippen LogP contribution in [0.15, 0.2) is 30.3 Å². The molecule has 1 aliphatic heterocycles. The van der Waals surface area contributed by atoms with E-state index < -0.39 is 35.7 Å². The van der Waals surface area contributed by atoms with Gasteiger partial charge in [-0.05, 0) is 47.1 Å². The quantitative estimate of drug-likeness (QED) is 0.348. The topological polar surface area (TPSA) is 88.5 Å². The van der Waals surface area contributed by atoms with Gasteiger partial charge in [-0.3, -0.25) is 0 Å². The van der Waals surface area contributed by atoms with Crippen LogP contribution in [0.4, 0.5) is 4.79 Å². The minimum atomic E-state index is -0.994. The van der Waals surface area contributed by atoms with Crippen LogP contribution in [-0.4, -0.2) is 57.4 Å². The van der Waals surface area contributed by atoms with Gasteiger partial charge in [0.2, 0.25) is 6.23 Å². The first-order chi connectivity index (χ1) is 13.9. The summed E-state index contributed by atoms with van der Waals surface area (Å²) in [5, 5.41) is 11.2.